The number of unbranched alkanes of at least 4 members (excludes halogenated alkanes) is 30. The molecule has 1 amide bonds. The molecule has 0 bridgehead atoms. The molecule has 1 saturated heterocycles. The van der Waals surface area contributed by atoms with Gasteiger partial charge in [0.25, 0.3) is 0 Å². The van der Waals surface area contributed by atoms with Gasteiger partial charge in [-0.1, -0.05) is 212 Å². The molecule has 0 radical (unpaired) electrons. The van der Waals surface area contributed by atoms with Gasteiger partial charge in [-0.15, -0.1) is 0 Å². The van der Waals surface area contributed by atoms with Crippen molar-refractivity contribution in [3.05, 3.63) is 24.3 Å². The summed E-state index contributed by atoms with van der Waals surface area (Å²) in [4.78, 5) is 13.2. The highest BCUT2D eigenvalue weighted by atomic mass is 32.3. The molecule has 8 unspecified atom stereocenters. The summed E-state index contributed by atoms with van der Waals surface area (Å²) < 4.78 is 47.6. The maximum atomic E-state index is 13.2. The normalized spacial score (nSPS) is 20.8. The molecular formula is C51H97NO12S. The van der Waals surface area contributed by atoms with E-state index in [1.165, 1.54) is 141 Å². The lowest BCUT2D eigenvalue weighted by atomic mass is 9.99. The first kappa shape index (κ1) is 61.6. The van der Waals surface area contributed by atoms with E-state index >= 15 is 0 Å². The highest BCUT2D eigenvalue weighted by molar-refractivity contribution is 7.80. The van der Waals surface area contributed by atoms with Crippen LogP contribution >= 0.6 is 0 Å². The van der Waals surface area contributed by atoms with Crippen LogP contribution in [0.3, 0.4) is 0 Å². The summed E-state index contributed by atoms with van der Waals surface area (Å²) in [6, 6.07) is -1.12. The number of rotatable bonds is 45. The summed E-state index contributed by atoms with van der Waals surface area (Å²) in [6.07, 6.45) is 36.8. The molecule has 14 heteroatoms. The van der Waals surface area contributed by atoms with E-state index in [9.17, 15) is 43.3 Å². The van der Waals surface area contributed by atoms with E-state index in [1.807, 2.05) is 6.08 Å². The molecule has 1 fully saturated rings. The number of aliphatic hydroxyl groups is 5. The van der Waals surface area contributed by atoms with Crippen LogP contribution in [0, 0.1) is 0 Å². The molecule has 0 aromatic carbocycles. The highest BCUT2D eigenvalue weighted by Crippen LogP contribution is 2.26. The Hall–Kier alpha value is -1.46. The van der Waals surface area contributed by atoms with Gasteiger partial charge in [0, 0.05) is 0 Å². The maximum Gasteiger partial charge on any atom is 0.397 e. The van der Waals surface area contributed by atoms with Gasteiger partial charge in [0.15, 0.2) is 6.29 Å². The molecule has 0 saturated carbocycles. The van der Waals surface area contributed by atoms with Gasteiger partial charge in [-0.05, 0) is 44.9 Å². The van der Waals surface area contributed by atoms with Crippen molar-refractivity contribution in [3.63, 3.8) is 0 Å². The minimum absolute atomic E-state index is 0.237. The third kappa shape index (κ3) is 33.6. The second kappa shape index (κ2) is 41.5. The van der Waals surface area contributed by atoms with Gasteiger partial charge < -0.3 is 40.3 Å². The minimum atomic E-state index is -5.12. The number of hydrogen-bond donors (Lipinski definition) is 7. The van der Waals surface area contributed by atoms with Crippen LogP contribution in [0.5, 0.6) is 0 Å². The number of allylic oxidation sites excluding steroid dienone is 3. The van der Waals surface area contributed by atoms with Gasteiger partial charge in [-0.3, -0.25) is 9.35 Å². The molecule has 384 valence electrons. The smallest absolute Gasteiger partial charge is 0.394 e. The van der Waals surface area contributed by atoms with Gasteiger partial charge in [0.05, 0.1) is 25.4 Å². The molecule has 8 atom stereocenters. The van der Waals surface area contributed by atoms with Crippen LogP contribution in [-0.2, 0) is 28.9 Å². The van der Waals surface area contributed by atoms with E-state index in [0.717, 1.165) is 57.8 Å². The van der Waals surface area contributed by atoms with Crippen molar-refractivity contribution < 1.29 is 57.0 Å². The first-order valence-electron chi connectivity index (χ1n) is 26.3. The van der Waals surface area contributed by atoms with Gasteiger partial charge >= 0.3 is 10.4 Å². The Labute approximate surface area is 395 Å². The summed E-state index contributed by atoms with van der Waals surface area (Å²) in [7, 11) is -5.12. The van der Waals surface area contributed by atoms with E-state index < -0.39 is 78.5 Å². The third-order valence-electron chi connectivity index (χ3n) is 12.6. The molecule has 0 aromatic rings. The lowest BCUT2D eigenvalue weighted by Gasteiger charge is -2.41. The predicted octanol–water partition coefficient (Wildman–Crippen LogP) is 10.3. The molecule has 1 aliphatic heterocycles. The van der Waals surface area contributed by atoms with Crippen molar-refractivity contribution in [1.82, 2.24) is 5.32 Å². The minimum Gasteiger partial charge on any atom is -0.394 e. The van der Waals surface area contributed by atoms with Crippen molar-refractivity contribution in [2.45, 2.75) is 281 Å². The van der Waals surface area contributed by atoms with Crippen LogP contribution in [0.25, 0.3) is 0 Å². The van der Waals surface area contributed by atoms with Gasteiger partial charge in [-0.2, -0.15) is 8.42 Å². The topological polar surface area (TPSA) is 212 Å². The van der Waals surface area contributed by atoms with Crippen LogP contribution in [-0.4, -0.2) is 107 Å². The number of carbonyl (C=O) groups excluding carboxylic acids is 1. The van der Waals surface area contributed by atoms with Crippen LogP contribution in [0.1, 0.15) is 232 Å². The number of amides is 1. The standard InChI is InChI=1S/C51H97NO12S/c1-3-5-7-9-11-13-15-17-19-20-21-22-23-24-26-28-30-32-34-36-38-40-45(55)50(58)52-43(42-62-51-48(57)49(64-65(59,60)61)47(56)46(41-53)63-51)44(54)39-37-35-33-31-29-27-25-18-16-14-12-10-8-6-4-2/h23-24,37,39,43-49,51,53-57H,3-22,25-36,38,40-42H2,1-2H3,(H,52,58)(H,59,60,61)/b24-23-,39-37+. The van der Waals surface area contributed by atoms with Gasteiger partial charge in [0.1, 0.15) is 30.5 Å². The second-order valence-corrected chi connectivity index (χ2v) is 19.7. The number of hydrogen-bond acceptors (Lipinski definition) is 11. The third-order valence-corrected chi connectivity index (χ3v) is 13.0. The van der Waals surface area contributed by atoms with Gasteiger partial charge in [-0.25, -0.2) is 4.18 Å². The number of ether oxygens (including phenoxy) is 2. The van der Waals surface area contributed by atoms with Crippen LogP contribution in [0.2, 0.25) is 0 Å². The molecular weight excluding hydrogens is 851 g/mol. The average Bonchev–Trinajstić information content (AvgIpc) is 3.28. The van der Waals surface area contributed by atoms with Crippen LogP contribution in [0.15, 0.2) is 24.3 Å². The molecule has 7 N–H and O–H groups in total. The molecule has 1 aliphatic rings. The Morgan fingerprint density at radius 3 is 1.43 bits per heavy atom. The van der Waals surface area contributed by atoms with Crippen LogP contribution < -0.4 is 5.32 Å². The fourth-order valence-corrected chi connectivity index (χ4v) is 8.91. The quantitative estimate of drug-likeness (QED) is 0.0173. The molecule has 13 nitrogen and oxygen atoms in total. The summed E-state index contributed by atoms with van der Waals surface area (Å²) in [5, 5.41) is 55.4. The summed E-state index contributed by atoms with van der Waals surface area (Å²) in [5.41, 5.74) is 0. The summed E-state index contributed by atoms with van der Waals surface area (Å²) >= 11 is 0. The first-order chi connectivity index (χ1) is 31.4. The Morgan fingerprint density at radius 1 is 0.615 bits per heavy atom. The zero-order chi connectivity index (χ0) is 47.8. The summed E-state index contributed by atoms with van der Waals surface area (Å²) in [6.45, 7) is 3.24. The zero-order valence-electron chi connectivity index (χ0n) is 40.9. The van der Waals surface area contributed by atoms with E-state index in [-0.39, 0.29) is 6.42 Å². The Kier molecular flexibility index (Phi) is 39.3. The van der Waals surface area contributed by atoms with Gasteiger partial charge in [0.2, 0.25) is 5.91 Å². The van der Waals surface area contributed by atoms with Crippen molar-refractivity contribution >= 4 is 16.3 Å². The van der Waals surface area contributed by atoms with Crippen LogP contribution in [0.4, 0.5) is 0 Å². The lowest BCUT2D eigenvalue weighted by molar-refractivity contribution is -0.298. The number of aliphatic hydroxyl groups excluding tert-OH is 5. The SMILES string of the molecule is CCCCCCCCCCCCC/C=C\CCCCCCCCC(O)C(=O)NC(COC1OC(CO)C(O)C(OS(=O)(=O)O)C1O)C(O)/C=C/CCCCCCCCCCCCCCC. The van der Waals surface area contributed by atoms with E-state index in [4.69, 9.17) is 9.47 Å². The Balaban J connectivity index is 2.49. The highest BCUT2D eigenvalue weighted by Gasteiger charge is 2.48. The molecule has 0 spiro atoms. The Morgan fingerprint density at radius 2 is 1.02 bits per heavy atom. The number of nitrogens with one attached hydrogen (secondary N) is 1. The zero-order valence-corrected chi connectivity index (χ0v) is 41.7. The first-order valence-corrected chi connectivity index (χ1v) is 27.7. The van der Waals surface area contributed by atoms with Crippen molar-refractivity contribution in [2.75, 3.05) is 13.2 Å². The van der Waals surface area contributed by atoms with E-state index in [0.29, 0.717) is 12.8 Å². The fourth-order valence-electron chi connectivity index (χ4n) is 8.40. The molecule has 1 rings (SSSR count). The maximum absolute atomic E-state index is 13.2. The molecule has 0 aliphatic carbocycles. The monoisotopic (exact) mass is 948 g/mol. The van der Waals surface area contributed by atoms with Crippen molar-refractivity contribution in [2.24, 2.45) is 0 Å². The predicted molar refractivity (Wildman–Crippen MR) is 261 cm³/mol. The largest absolute Gasteiger partial charge is 0.397 e. The summed E-state index contributed by atoms with van der Waals surface area (Å²) in [5.74, 6) is -0.705. The fraction of sp³-hybridized carbons (Fsp3) is 0.902. The lowest BCUT2D eigenvalue weighted by Crippen LogP contribution is -2.61. The van der Waals surface area contributed by atoms with E-state index in [2.05, 4.69) is 35.5 Å². The van der Waals surface area contributed by atoms with Crippen molar-refractivity contribution in [3.8, 4) is 0 Å². The molecule has 1 heterocycles. The molecule has 65 heavy (non-hydrogen) atoms. The molecule has 0 aromatic heterocycles. The Bertz CT molecular complexity index is 1270. The average molecular weight is 948 g/mol. The van der Waals surface area contributed by atoms with Crippen molar-refractivity contribution in [1.29, 1.82) is 0 Å². The second-order valence-electron chi connectivity index (χ2n) is 18.6. The van der Waals surface area contributed by atoms with E-state index in [1.54, 1.807) is 6.08 Å². The number of carbonyl (C=O) groups is 1.